The zero-order valence-corrected chi connectivity index (χ0v) is 10.3. The first-order chi connectivity index (χ1) is 7.61. The molecule has 0 aromatic heterocycles. The van der Waals surface area contributed by atoms with Gasteiger partial charge in [0.2, 0.25) is 0 Å². The van der Waals surface area contributed by atoms with Gasteiger partial charge in [0.1, 0.15) is 6.04 Å². The van der Waals surface area contributed by atoms with E-state index in [0.717, 1.165) is 11.1 Å². The third-order valence-electron chi connectivity index (χ3n) is 2.77. The average molecular weight is 221 g/mol. The van der Waals surface area contributed by atoms with E-state index in [0.29, 0.717) is 6.61 Å². The Bertz CT molecular complexity index is 374. The van der Waals surface area contributed by atoms with Crippen molar-refractivity contribution in [2.45, 2.75) is 26.8 Å². The SMILES string of the molecule is CCOC(=O)C(NC)c1cccc(C)c1C. The third kappa shape index (κ3) is 2.61. The molecule has 16 heavy (non-hydrogen) atoms. The van der Waals surface area contributed by atoms with Gasteiger partial charge in [0, 0.05) is 0 Å². The summed E-state index contributed by atoms with van der Waals surface area (Å²) in [5, 5.41) is 3.00. The molecule has 0 spiro atoms. The number of esters is 1. The molecule has 1 N–H and O–H groups in total. The summed E-state index contributed by atoms with van der Waals surface area (Å²) in [4.78, 5) is 11.8. The Labute approximate surface area is 96.8 Å². The Kier molecular flexibility index (Phi) is 4.50. The lowest BCUT2D eigenvalue weighted by molar-refractivity contribution is -0.145. The Morgan fingerprint density at radius 2 is 2.12 bits per heavy atom. The van der Waals surface area contributed by atoms with Crippen molar-refractivity contribution >= 4 is 5.97 Å². The highest BCUT2D eigenvalue weighted by molar-refractivity contribution is 5.78. The lowest BCUT2D eigenvalue weighted by atomic mass is 9.97. The molecule has 0 saturated heterocycles. The lowest BCUT2D eigenvalue weighted by Crippen LogP contribution is -2.28. The number of rotatable bonds is 4. The van der Waals surface area contributed by atoms with E-state index in [-0.39, 0.29) is 12.0 Å². The molecule has 1 atom stereocenters. The molecule has 0 bridgehead atoms. The van der Waals surface area contributed by atoms with E-state index in [4.69, 9.17) is 4.74 Å². The topological polar surface area (TPSA) is 38.3 Å². The molecule has 1 unspecified atom stereocenters. The molecular formula is C13H19NO2. The van der Waals surface area contributed by atoms with Gasteiger partial charge in [-0.05, 0) is 44.5 Å². The Balaban J connectivity index is 3.04. The van der Waals surface area contributed by atoms with Gasteiger partial charge in [-0.15, -0.1) is 0 Å². The van der Waals surface area contributed by atoms with Crippen LogP contribution in [0.1, 0.15) is 29.7 Å². The van der Waals surface area contributed by atoms with E-state index in [2.05, 4.69) is 5.32 Å². The number of hydrogen-bond donors (Lipinski definition) is 1. The van der Waals surface area contributed by atoms with Crippen LogP contribution in [0.15, 0.2) is 18.2 Å². The minimum absolute atomic E-state index is 0.223. The number of carbonyl (C=O) groups is 1. The van der Waals surface area contributed by atoms with Crippen molar-refractivity contribution in [3.63, 3.8) is 0 Å². The highest BCUT2D eigenvalue weighted by Gasteiger charge is 2.21. The molecule has 0 heterocycles. The number of benzene rings is 1. The predicted octanol–water partition coefficient (Wildman–Crippen LogP) is 2.13. The first-order valence-electron chi connectivity index (χ1n) is 5.51. The van der Waals surface area contributed by atoms with E-state index in [1.165, 1.54) is 5.56 Å². The molecule has 0 aliphatic rings. The van der Waals surface area contributed by atoms with Gasteiger partial charge in [-0.2, -0.15) is 0 Å². The normalized spacial score (nSPS) is 12.2. The number of nitrogens with one attached hydrogen (secondary N) is 1. The fraction of sp³-hybridized carbons (Fsp3) is 0.462. The van der Waals surface area contributed by atoms with Crippen LogP contribution < -0.4 is 5.32 Å². The zero-order valence-electron chi connectivity index (χ0n) is 10.3. The van der Waals surface area contributed by atoms with Gasteiger partial charge in [0.25, 0.3) is 0 Å². The molecule has 0 aliphatic carbocycles. The summed E-state index contributed by atoms with van der Waals surface area (Å²) in [5.41, 5.74) is 3.30. The molecule has 1 aromatic rings. The smallest absolute Gasteiger partial charge is 0.327 e. The number of ether oxygens (including phenoxy) is 1. The van der Waals surface area contributed by atoms with Gasteiger partial charge in [-0.25, -0.2) is 4.79 Å². The van der Waals surface area contributed by atoms with Crippen molar-refractivity contribution in [3.8, 4) is 0 Å². The van der Waals surface area contributed by atoms with Crippen LogP contribution in [-0.2, 0) is 9.53 Å². The summed E-state index contributed by atoms with van der Waals surface area (Å²) in [6, 6.07) is 5.58. The maximum absolute atomic E-state index is 11.8. The predicted molar refractivity (Wildman–Crippen MR) is 64.3 cm³/mol. The summed E-state index contributed by atoms with van der Waals surface area (Å²) >= 11 is 0. The third-order valence-corrected chi connectivity index (χ3v) is 2.77. The first kappa shape index (κ1) is 12.7. The molecule has 1 rings (SSSR count). The lowest BCUT2D eigenvalue weighted by Gasteiger charge is -2.18. The van der Waals surface area contributed by atoms with E-state index < -0.39 is 0 Å². The fourth-order valence-corrected chi connectivity index (χ4v) is 1.71. The highest BCUT2D eigenvalue weighted by Crippen LogP contribution is 2.21. The molecule has 1 aromatic carbocycles. The fourth-order valence-electron chi connectivity index (χ4n) is 1.71. The second-order valence-corrected chi connectivity index (χ2v) is 3.76. The second-order valence-electron chi connectivity index (χ2n) is 3.76. The van der Waals surface area contributed by atoms with Crippen LogP contribution >= 0.6 is 0 Å². The quantitative estimate of drug-likeness (QED) is 0.791. The number of hydrogen-bond acceptors (Lipinski definition) is 3. The van der Waals surface area contributed by atoms with Crippen LogP contribution in [-0.4, -0.2) is 19.6 Å². The van der Waals surface area contributed by atoms with Crippen LogP contribution in [0.25, 0.3) is 0 Å². The van der Waals surface area contributed by atoms with Gasteiger partial charge in [-0.1, -0.05) is 18.2 Å². The maximum atomic E-state index is 11.8. The number of aryl methyl sites for hydroxylation is 1. The summed E-state index contributed by atoms with van der Waals surface area (Å²) in [6.07, 6.45) is 0. The molecule has 0 aliphatic heterocycles. The Hall–Kier alpha value is -1.35. The summed E-state index contributed by atoms with van der Waals surface area (Å²) in [5.74, 6) is -0.223. The van der Waals surface area contributed by atoms with E-state index in [9.17, 15) is 4.79 Å². The molecule has 88 valence electrons. The van der Waals surface area contributed by atoms with Crippen LogP contribution in [0.2, 0.25) is 0 Å². The van der Waals surface area contributed by atoms with Crippen molar-refractivity contribution in [3.05, 3.63) is 34.9 Å². The summed E-state index contributed by atoms with van der Waals surface area (Å²) in [7, 11) is 1.77. The van der Waals surface area contributed by atoms with Gasteiger partial charge in [0.05, 0.1) is 6.61 Å². The molecule has 0 amide bonds. The Morgan fingerprint density at radius 3 is 2.69 bits per heavy atom. The molecule has 0 radical (unpaired) electrons. The highest BCUT2D eigenvalue weighted by atomic mass is 16.5. The van der Waals surface area contributed by atoms with Crippen LogP contribution in [0.4, 0.5) is 0 Å². The van der Waals surface area contributed by atoms with Crippen molar-refractivity contribution in [1.29, 1.82) is 0 Å². The van der Waals surface area contributed by atoms with Crippen LogP contribution in [0, 0.1) is 13.8 Å². The standard InChI is InChI=1S/C13H19NO2/c1-5-16-13(15)12(14-4)11-8-6-7-9(2)10(11)3/h6-8,12,14H,5H2,1-4H3. The average Bonchev–Trinajstić information content (AvgIpc) is 2.25. The summed E-state index contributed by atoms with van der Waals surface area (Å²) < 4.78 is 5.04. The Morgan fingerprint density at radius 1 is 1.44 bits per heavy atom. The molecular weight excluding hydrogens is 202 g/mol. The second kappa shape index (κ2) is 5.66. The van der Waals surface area contributed by atoms with Gasteiger partial charge in [-0.3, -0.25) is 0 Å². The van der Waals surface area contributed by atoms with Crippen LogP contribution in [0.5, 0.6) is 0 Å². The minimum atomic E-state index is -0.375. The molecule has 3 nitrogen and oxygen atoms in total. The van der Waals surface area contributed by atoms with Crippen molar-refractivity contribution in [1.82, 2.24) is 5.32 Å². The van der Waals surface area contributed by atoms with E-state index in [1.807, 2.05) is 39.0 Å². The monoisotopic (exact) mass is 221 g/mol. The maximum Gasteiger partial charge on any atom is 0.327 e. The molecule has 0 saturated carbocycles. The minimum Gasteiger partial charge on any atom is -0.465 e. The molecule has 0 fully saturated rings. The first-order valence-corrected chi connectivity index (χ1v) is 5.51. The molecule has 3 heteroatoms. The van der Waals surface area contributed by atoms with Crippen molar-refractivity contribution in [2.24, 2.45) is 0 Å². The number of carbonyl (C=O) groups excluding carboxylic acids is 1. The van der Waals surface area contributed by atoms with E-state index in [1.54, 1.807) is 7.05 Å². The van der Waals surface area contributed by atoms with Crippen molar-refractivity contribution < 1.29 is 9.53 Å². The van der Waals surface area contributed by atoms with Crippen molar-refractivity contribution in [2.75, 3.05) is 13.7 Å². The largest absolute Gasteiger partial charge is 0.465 e. The van der Waals surface area contributed by atoms with Crippen LogP contribution in [0.3, 0.4) is 0 Å². The summed E-state index contributed by atoms with van der Waals surface area (Å²) in [6.45, 7) is 6.28. The zero-order chi connectivity index (χ0) is 12.1. The van der Waals surface area contributed by atoms with E-state index >= 15 is 0 Å². The van der Waals surface area contributed by atoms with Gasteiger partial charge >= 0.3 is 5.97 Å². The van der Waals surface area contributed by atoms with Gasteiger partial charge < -0.3 is 10.1 Å². The number of likely N-dealkylation sites (N-methyl/N-ethyl adjacent to an activating group) is 1. The van der Waals surface area contributed by atoms with Gasteiger partial charge in [0.15, 0.2) is 0 Å².